The minimum atomic E-state index is -4.81. The van der Waals surface area contributed by atoms with Gasteiger partial charge in [0.05, 0.1) is 6.20 Å². The van der Waals surface area contributed by atoms with Crippen LogP contribution in [0.25, 0.3) is 0 Å². The van der Waals surface area contributed by atoms with E-state index in [2.05, 4.69) is 15.3 Å². The molecule has 26 heavy (non-hydrogen) atoms. The van der Waals surface area contributed by atoms with Crippen molar-refractivity contribution >= 4 is 13.0 Å². The number of nitrogens with zero attached hydrogens (tertiary/aromatic N) is 4. The van der Waals surface area contributed by atoms with E-state index in [4.69, 9.17) is 14.4 Å². The maximum atomic E-state index is 11.9. The lowest BCUT2D eigenvalue weighted by Crippen LogP contribution is -2.36. The van der Waals surface area contributed by atoms with Crippen molar-refractivity contribution in [3.8, 4) is 0 Å². The van der Waals surface area contributed by atoms with Crippen molar-refractivity contribution in [1.82, 2.24) is 24.5 Å². The number of ether oxygens (including phenoxy) is 2. The maximum Gasteiger partial charge on any atom is 0.331 e. The number of aliphatic hydroxyl groups excluding tert-OH is 1. The molecule has 2 unspecified atom stereocenters. The highest BCUT2D eigenvalue weighted by Gasteiger charge is 2.39. The predicted octanol–water partition coefficient (Wildman–Crippen LogP) is -2.69. The van der Waals surface area contributed by atoms with Crippen molar-refractivity contribution < 1.29 is 28.9 Å². The fourth-order valence-corrected chi connectivity index (χ4v) is 2.81. The van der Waals surface area contributed by atoms with E-state index in [1.165, 1.54) is 13.3 Å². The highest BCUT2D eigenvalue weighted by Crippen LogP contribution is 2.33. The molecule has 3 atom stereocenters. The Kier molecular flexibility index (Phi) is 4.54. The van der Waals surface area contributed by atoms with Crippen LogP contribution >= 0.6 is 7.60 Å². The van der Waals surface area contributed by atoms with E-state index < -0.39 is 36.6 Å². The molecule has 0 saturated carbocycles. The Morgan fingerprint density at radius 1 is 1.50 bits per heavy atom. The third-order valence-corrected chi connectivity index (χ3v) is 4.36. The molecule has 1 aliphatic rings. The summed E-state index contributed by atoms with van der Waals surface area (Å²) in [6.07, 6.45) is -0.0364. The van der Waals surface area contributed by atoms with E-state index in [9.17, 15) is 24.2 Å². The second-order valence-corrected chi connectivity index (χ2v) is 6.78. The van der Waals surface area contributed by atoms with Crippen molar-refractivity contribution in [3.63, 3.8) is 0 Å². The number of aromatic nitrogens is 5. The van der Waals surface area contributed by atoms with Crippen molar-refractivity contribution in [2.45, 2.75) is 18.9 Å². The van der Waals surface area contributed by atoms with Crippen LogP contribution in [0.2, 0.25) is 0 Å². The summed E-state index contributed by atoms with van der Waals surface area (Å²) in [7, 11) is -3.53. The summed E-state index contributed by atoms with van der Waals surface area (Å²) in [4.78, 5) is 45.1. The van der Waals surface area contributed by atoms with Crippen LogP contribution in [0, 0.1) is 0 Å². The first kappa shape index (κ1) is 18.1. The zero-order valence-electron chi connectivity index (χ0n) is 13.2. The van der Waals surface area contributed by atoms with Crippen LogP contribution in [-0.4, -0.2) is 47.8 Å². The third kappa shape index (κ3) is 3.32. The number of rotatable bonds is 5. The average Bonchev–Trinajstić information content (AvgIpc) is 3.13. The Balaban J connectivity index is 1.88. The summed E-state index contributed by atoms with van der Waals surface area (Å²) in [6, 6.07) is 1.10. The number of nitrogens with one attached hydrogen (secondary N) is 1. The predicted molar refractivity (Wildman–Crippen MR) is 81.4 cm³/mol. The van der Waals surface area contributed by atoms with Crippen LogP contribution in [0.1, 0.15) is 6.23 Å². The second-order valence-electron chi connectivity index (χ2n) is 5.29. The molecule has 3 N–H and O–H groups in total. The molecule has 140 valence electrons. The molecule has 3 heterocycles. The van der Waals surface area contributed by atoms with Gasteiger partial charge in [-0.05, 0) is 0 Å². The Morgan fingerprint density at radius 2 is 2.23 bits per heavy atom. The second kappa shape index (κ2) is 6.53. The first-order valence-electron chi connectivity index (χ1n) is 7.08. The van der Waals surface area contributed by atoms with Gasteiger partial charge in [0, 0.05) is 19.4 Å². The highest BCUT2D eigenvalue weighted by atomic mass is 31.2. The van der Waals surface area contributed by atoms with E-state index in [1.807, 2.05) is 0 Å². The molecule has 1 aliphatic heterocycles. The van der Waals surface area contributed by atoms with Gasteiger partial charge in [-0.15, -0.1) is 5.10 Å². The van der Waals surface area contributed by atoms with Crippen molar-refractivity contribution in [1.29, 1.82) is 0 Å². The van der Waals surface area contributed by atoms with Gasteiger partial charge in [0.25, 0.3) is 5.56 Å². The van der Waals surface area contributed by atoms with Crippen molar-refractivity contribution in [3.05, 3.63) is 50.8 Å². The molecule has 2 aromatic rings. The first-order chi connectivity index (χ1) is 12.2. The summed E-state index contributed by atoms with van der Waals surface area (Å²) >= 11 is 0. The van der Waals surface area contributed by atoms with E-state index in [0.29, 0.717) is 0 Å². The minimum absolute atomic E-state index is 0.0601. The number of H-pyrrole nitrogens is 1. The van der Waals surface area contributed by atoms with Gasteiger partial charge in [0.2, 0.25) is 6.23 Å². The summed E-state index contributed by atoms with van der Waals surface area (Å²) in [6.45, 7) is -0.243. The zero-order valence-corrected chi connectivity index (χ0v) is 14.1. The van der Waals surface area contributed by atoms with Crippen LogP contribution in [0.15, 0.2) is 39.6 Å². The van der Waals surface area contributed by atoms with Gasteiger partial charge in [-0.1, -0.05) is 5.21 Å². The van der Waals surface area contributed by atoms with Gasteiger partial charge in [-0.3, -0.25) is 14.3 Å². The number of methoxy groups -OCH3 is 1. The van der Waals surface area contributed by atoms with E-state index in [1.54, 1.807) is 0 Å². The van der Waals surface area contributed by atoms with E-state index in [-0.39, 0.29) is 18.1 Å². The molecule has 2 aromatic heterocycles. The van der Waals surface area contributed by atoms with Crippen LogP contribution < -0.4 is 21.6 Å². The number of aliphatic hydroxyl groups is 1. The molecule has 0 spiro atoms. The minimum Gasteiger partial charge on any atom is -0.774 e. The average molecular weight is 386 g/mol. The molecule has 0 radical (unpaired) electrons. The largest absolute Gasteiger partial charge is 0.774 e. The van der Waals surface area contributed by atoms with Gasteiger partial charge in [0.1, 0.15) is 6.54 Å². The summed E-state index contributed by atoms with van der Waals surface area (Å²) in [5.74, 6) is -0.406. The lowest BCUT2D eigenvalue weighted by molar-refractivity contribution is -0.189. The molecule has 0 aromatic carbocycles. The fraction of sp³-hybridized carbons (Fsp3) is 0.333. The smallest absolute Gasteiger partial charge is 0.331 e. The van der Waals surface area contributed by atoms with Crippen LogP contribution in [-0.2, 0) is 20.6 Å². The maximum absolute atomic E-state index is 11.9. The molecule has 0 bridgehead atoms. The molecule has 14 heteroatoms. The first-order valence-corrected chi connectivity index (χ1v) is 8.66. The molecule has 0 saturated heterocycles. The molecule has 0 fully saturated rings. The van der Waals surface area contributed by atoms with Gasteiger partial charge in [-0.25, -0.2) is 9.48 Å². The number of hydrogen-bond acceptors (Lipinski definition) is 9. The molecular weight excluding hydrogens is 373 g/mol. The van der Waals surface area contributed by atoms with Crippen molar-refractivity contribution in [2.24, 2.45) is 0 Å². The lowest BCUT2D eigenvalue weighted by Gasteiger charge is -2.19. The van der Waals surface area contributed by atoms with Gasteiger partial charge in [0.15, 0.2) is 30.7 Å². The standard InChI is InChI=1S/C12H14N5O8P/c1-24-10-9(19)6(4-16-5-8(14-15-16)26(21,22)23)25-11(10)17-3-2-7(18)13-12(17)20/h2-3,5,10-11,19H,4H2,1H3,(H,13,18,20)(H2,21,22,23)/p-1/t10?,11-/m1/s1. The molecular formula is C12H13N5O8P-. The summed E-state index contributed by atoms with van der Waals surface area (Å²) in [5, 5.41) is 17.1. The molecule has 0 amide bonds. The highest BCUT2D eigenvalue weighted by molar-refractivity contribution is 7.58. The SMILES string of the molecule is COC1C(O)=C(Cn2cc(P(=O)([O-])O)nn2)O[C@H]1n1ccc(=O)[nH]c1=O. The summed E-state index contributed by atoms with van der Waals surface area (Å²) in [5.41, 5.74) is -2.02. The lowest BCUT2D eigenvalue weighted by atomic mass is 10.2. The number of aromatic amines is 1. The van der Waals surface area contributed by atoms with Gasteiger partial charge >= 0.3 is 5.69 Å². The topological polar surface area (TPSA) is 185 Å². The van der Waals surface area contributed by atoms with Crippen LogP contribution in [0.3, 0.4) is 0 Å². The monoisotopic (exact) mass is 386 g/mol. The van der Waals surface area contributed by atoms with E-state index >= 15 is 0 Å². The Morgan fingerprint density at radius 3 is 2.81 bits per heavy atom. The number of allylic oxidation sites excluding steroid dienone is 1. The van der Waals surface area contributed by atoms with E-state index in [0.717, 1.165) is 21.5 Å². The van der Waals surface area contributed by atoms with Gasteiger partial charge < -0.3 is 28.9 Å². The van der Waals surface area contributed by atoms with Crippen LogP contribution in [0.4, 0.5) is 0 Å². The Hall–Kier alpha value is -2.73. The normalized spacial score (nSPS) is 22.3. The quantitative estimate of drug-likeness (QED) is 0.457. The Bertz CT molecular complexity index is 1020. The van der Waals surface area contributed by atoms with Gasteiger partial charge in [-0.2, -0.15) is 0 Å². The fourth-order valence-electron chi connectivity index (χ4n) is 2.38. The zero-order chi connectivity index (χ0) is 19.1. The molecule has 0 aliphatic carbocycles. The number of hydrogen-bond donors (Lipinski definition) is 3. The third-order valence-electron chi connectivity index (χ3n) is 3.58. The molecule has 3 rings (SSSR count). The molecule has 13 nitrogen and oxygen atoms in total. The van der Waals surface area contributed by atoms with Crippen molar-refractivity contribution in [2.75, 3.05) is 7.11 Å². The van der Waals surface area contributed by atoms with Crippen LogP contribution in [0.5, 0.6) is 0 Å². The Labute approximate surface area is 144 Å². The summed E-state index contributed by atoms with van der Waals surface area (Å²) < 4.78 is 23.7.